The molecule has 1 aliphatic heterocycles. The van der Waals surface area contributed by atoms with Crippen molar-refractivity contribution in [2.24, 2.45) is 0 Å². The highest BCUT2D eigenvalue weighted by molar-refractivity contribution is 5.89. The summed E-state index contributed by atoms with van der Waals surface area (Å²) < 4.78 is 5.45. The number of nitrogens with one attached hydrogen (secondary N) is 2. The summed E-state index contributed by atoms with van der Waals surface area (Å²) in [6, 6.07) is 6.62. The van der Waals surface area contributed by atoms with Gasteiger partial charge in [-0.3, -0.25) is 4.90 Å². The molecule has 4 nitrogen and oxygen atoms in total. The number of piperazine rings is 1. The van der Waals surface area contributed by atoms with Crippen LogP contribution in [-0.2, 0) is 0 Å². The molecule has 4 heteroatoms. The number of methoxy groups -OCH3 is 1. The first kappa shape index (κ1) is 12.5. The molecule has 3 rings (SSSR count). The molecule has 2 heterocycles. The van der Waals surface area contributed by atoms with Crippen molar-refractivity contribution < 1.29 is 4.74 Å². The van der Waals surface area contributed by atoms with Gasteiger partial charge in [0.25, 0.3) is 0 Å². The van der Waals surface area contributed by atoms with Gasteiger partial charge in [0.2, 0.25) is 0 Å². The zero-order valence-electron chi connectivity index (χ0n) is 11.8. The number of aryl methyl sites for hydroxylation is 1. The van der Waals surface area contributed by atoms with Crippen molar-refractivity contribution in [1.29, 1.82) is 0 Å². The summed E-state index contributed by atoms with van der Waals surface area (Å²) in [5.74, 6) is 0.915. The van der Waals surface area contributed by atoms with Gasteiger partial charge in [0, 0.05) is 30.7 Å². The molecular weight excluding hydrogens is 238 g/mol. The van der Waals surface area contributed by atoms with E-state index in [2.05, 4.69) is 41.3 Å². The predicted octanol–water partition coefficient (Wildman–Crippen LogP) is 2.06. The van der Waals surface area contributed by atoms with Crippen LogP contribution in [0.15, 0.2) is 18.2 Å². The molecule has 2 aromatic rings. The Balaban J connectivity index is 2.11. The quantitative estimate of drug-likeness (QED) is 0.867. The van der Waals surface area contributed by atoms with E-state index in [1.807, 2.05) is 6.07 Å². The van der Waals surface area contributed by atoms with Gasteiger partial charge >= 0.3 is 0 Å². The molecule has 19 heavy (non-hydrogen) atoms. The van der Waals surface area contributed by atoms with Crippen molar-refractivity contribution in [2.45, 2.75) is 13.0 Å². The molecule has 0 spiro atoms. The number of hydrogen-bond donors (Lipinski definition) is 2. The molecular formula is C15H21N3O. The van der Waals surface area contributed by atoms with E-state index in [1.165, 1.54) is 16.6 Å². The number of hydrogen-bond acceptors (Lipinski definition) is 3. The number of rotatable bonds is 2. The first-order valence-electron chi connectivity index (χ1n) is 6.78. The third kappa shape index (κ3) is 2.01. The van der Waals surface area contributed by atoms with E-state index in [1.54, 1.807) is 7.11 Å². The lowest BCUT2D eigenvalue weighted by atomic mass is 10.1. The SMILES string of the molecule is COc1cccc2c(C)c(C3CNCCN3C)[nH]c12. The number of H-pyrrole nitrogens is 1. The molecule has 1 unspecified atom stereocenters. The third-order valence-electron chi connectivity index (χ3n) is 4.16. The topological polar surface area (TPSA) is 40.3 Å². The normalized spacial score (nSPS) is 20.9. The summed E-state index contributed by atoms with van der Waals surface area (Å²) in [5, 5.41) is 4.73. The van der Waals surface area contributed by atoms with E-state index < -0.39 is 0 Å². The largest absolute Gasteiger partial charge is 0.495 e. The summed E-state index contributed by atoms with van der Waals surface area (Å²) in [6.07, 6.45) is 0. The van der Waals surface area contributed by atoms with Crippen LogP contribution in [0.1, 0.15) is 17.3 Å². The second-order valence-electron chi connectivity index (χ2n) is 5.25. The Hall–Kier alpha value is -1.52. The molecule has 0 aliphatic carbocycles. The van der Waals surface area contributed by atoms with Gasteiger partial charge in [-0.05, 0) is 25.6 Å². The van der Waals surface area contributed by atoms with Gasteiger partial charge in [-0.15, -0.1) is 0 Å². The fraction of sp³-hybridized carbons (Fsp3) is 0.467. The van der Waals surface area contributed by atoms with E-state index in [0.29, 0.717) is 6.04 Å². The number of likely N-dealkylation sites (N-methyl/N-ethyl adjacent to an activating group) is 1. The summed E-state index contributed by atoms with van der Waals surface area (Å²) in [5.41, 5.74) is 3.74. The van der Waals surface area contributed by atoms with Crippen molar-refractivity contribution in [3.8, 4) is 5.75 Å². The number of aromatic amines is 1. The van der Waals surface area contributed by atoms with Crippen LogP contribution in [-0.4, -0.2) is 43.7 Å². The Morgan fingerprint density at radius 3 is 2.95 bits per heavy atom. The van der Waals surface area contributed by atoms with E-state index in [9.17, 15) is 0 Å². The lowest BCUT2D eigenvalue weighted by Crippen LogP contribution is -2.44. The third-order valence-corrected chi connectivity index (χ3v) is 4.16. The Bertz CT molecular complexity index is 590. The number of nitrogens with zero attached hydrogens (tertiary/aromatic N) is 1. The summed E-state index contributed by atoms with van der Waals surface area (Å²) in [7, 11) is 3.91. The second kappa shape index (κ2) is 4.87. The Labute approximate surface area is 113 Å². The smallest absolute Gasteiger partial charge is 0.142 e. The molecule has 1 aromatic carbocycles. The Morgan fingerprint density at radius 1 is 1.37 bits per heavy atom. The summed E-state index contributed by atoms with van der Waals surface area (Å²) >= 11 is 0. The van der Waals surface area contributed by atoms with Gasteiger partial charge in [-0.25, -0.2) is 0 Å². The van der Waals surface area contributed by atoms with Crippen LogP contribution in [0.5, 0.6) is 5.75 Å². The van der Waals surface area contributed by atoms with Gasteiger partial charge in [0.05, 0.1) is 18.7 Å². The zero-order chi connectivity index (χ0) is 13.4. The van der Waals surface area contributed by atoms with Crippen molar-refractivity contribution >= 4 is 10.9 Å². The van der Waals surface area contributed by atoms with Gasteiger partial charge in [0.15, 0.2) is 0 Å². The second-order valence-corrected chi connectivity index (χ2v) is 5.25. The molecule has 2 N–H and O–H groups in total. The minimum absolute atomic E-state index is 0.408. The molecule has 0 radical (unpaired) electrons. The highest BCUT2D eigenvalue weighted by atomic mass is 16.5. The van der Waals surface area contributed by atoms with Crippen molar-refractivity contribution in [3.05, 3.63) is 29.5 Å². The predicted molar refractivity (Wildman–Crippen MR) is 77.8 cm³/mol. The minimum Gasteiger partial charge on any atom is -0.495 e. The first-order chi connectivity index (χ1) is 9.22. The molecule has 0 saturated carbocycles. The van der Waals surface area contributed by atoms with Crippen LogP contribution in [0, 0.1) is 6.92 Å². The maximum absolute atomic E-state index is 5.45. The molecule has 1 saturated heterocycles. The number of fused-ring (bicyclic) bond motifs is 1. The number of aromatic nitrogens is 1. The van der Waals surface area contributed by atoms with Gasteiger partial charge in [0.1, 0.15) is 5.75 Å². The average molecular weight is 259 g/mol. The molecule has 1 fully saturated rings. The lowest BCUT2D eigenvalue weighted by Gasteiger charge is -2.33. The van der Waals surface area contributed by atoms with Crippen molar-refractivity contribution in [3.63, 3.8) is 0 Å². The summed E-state index contributed by atoms with van der Waals surface area (Å²) in [4.78, 5) is 5.98. The summed E-state index contributed by atoms with van der Waals surface area (Å²) in [6.45, 7) is 5.33. The average Bonchev–Trinajstić information content (AvgIpc) is 2.77. The fourth-order valence-corrected chi connectivity index (χ4v) is 2.98. The van der Waals surface area contributed by atoms with Crippen LogP contribution in [0.2, 0.25) is 0 Å². The first-order valence-corrected chi connectivity index (χ1v) is 6.78. The van der Waals surface area contributed by atoms with Crippen molar-refractivity contribution in [2.75, 3.05) is 33.8 Å². The molecule has 0 bridgehead atoms. The maximum Gasteiger partial charge on any atom is 0.142 e. The van der Waals surface area contributed by atoms with E-state index in [4.69, 9.17) is 4.74 Å². The standard InChI is InChI=1S/C15H21N3O/c1-10-11-5-4-6-13(19-3)15(11)17-14(10)12-9-16-7-8-18(12)2/h4-6,12,16-17H,7-9H2,1-3H3. The molecule has 0 amide bonds. The van der Waals surface area contributed by atoms with E-state index >= 15 is 0 Å². The number of benzene rings is 1. The Kier molecular flexibility index (Phi) is 3.21. The van der Waals surface area contributed by atoms with Crippen molar-refractivity contribution in [1.82, 2.24) is 15.2 Å². The number of para-hydroxylation sites is 1. The van der Waals surface area contributed by atoms with Gasteiger partial charge < -0.3 is 15.0 Å². The Morgan fingerprint density at radius 2 is 2.21 bits per heavy atom. The minimum atomic E-state index is 0.408. The van der Waals surface area contributed by atoms with Crippen LogP contribution in [0.4, 0.5) is 0 Å². The van der Waals surface area contributed by atoms with Crippen LogP contribution in [0.25, 0.3) is 10.9 Å². The van der Waals surface area contributed by atoms with Gasteiger partial charge in [-0.2, -0.15) is 0 Å². The molecule has 102 valence electrons. The van der Waals surface area contributed by atoms with E-state index in [0.717, 1.165) is 30.9 Å². The lowest BCUT2D eigenvalue weighted by molar-refractivity contribution is 0.198. The van der Waals surface area contributed by atoms with E-state index in [-0.39, 0.29) is 0 Å². The van der Waals surface area contributed by atoms with Crippen LogP contribution >= 0.6 is 0 Å². The monoisotopic (exact) mass is 259 g/mol. The van der Waals surface area contributed by atoms with Crippen LogP contribution in [0.3, 0.4) is 0 Å². The van der Waals surface area contributed by atoms with Gasteiger partial charge in [-0.1, -0.05) is 12.1 Å². The highest BCUT2D eigenvalue weighted by Gasteiger charge is 2.24. The highest BCUT2D eigenvalue weighted by Crippen LogP contribution is 2.33. The maximum atomic E-state index is 5.45. The fourth-order valence-electron chi connectivity index (χ4n) is 2.98. The molecule has 1 atom stereocenters. The van der Waals surface area contributed by atoms with Crippen LogP contribution < -0.4 is 10.1 Å². The number of ether oxygens (including phenoxy) is 1. The molecule has 1 aliphatic rings. The molecule has 1 aromatic heterocycles. The zero-order valence-corrected chi connectivity index (χ0v) is 11.8.